The maximum atomic E-state index is 12.3. The lowest BCUT2D eigenvalue weighted by Gasteiger charge is -2.37. The summed E-state index contributed by atoms with van der Waals surface area (Å²) in [5.41, 5.74) is 1.26. The number of carbonyl (C=O) groups is 1. The van der Waals surface area contributed by atoms with E-state index in [1.54, 1.807) is 0 Å². The molecule has 0 spiro atoms. The van der Waals surface area contributed by atoms with Gasteiger partial charge in [0.15, 0.2) is 0 Å². The number of benzene rings is 1. The van der Waals surface area contributed by atoms with Gasteiger partial charge < -0.3 is 9.47 Å². The van der Waals surface area contributed by atoms with E-state index in [2.05, 4.69) is 18.5 Å². The van der Waals surface area contributed by atoms with E-state index >= 15 is 0 Å². The molecule has 0 N–H and O–H groups in total. The Hall–Kier alpha value is -1.65. The van der Waals surface area contributed by atoms with Crippen LogP contribution in [-0.2, 0) is 14.3 Å². The maximum Gasteiger partial charge on any atom is 0.338 e. The summed E-state index contributed by atoms with van der Waals surface area (Å²) in [5, 5.41) is 0. The molecule has 1 aromatic carbocycles. The number of carbonyl (C=O) groups excluding carboxylic acids is 1. The van der Waals surface area contributed by atoms with Crippen LogP contribution in [0.3, 0.4) is 0 Å². The lowest BCUT2D eigenvalue weighted by Crippen LogP contribution is -2.47. The second kappa shape index (κ2) is 4.68. The van der Waals surface area contributed by atoms with E-state index in [0.29, 0.717) is 29.9 Å². The molecule has 1 aromatic rings. The van der Waals surface area contributed by atoms with Crippen LogP contribution in [0.15, 0.2) is 36.9 Å². The van der Waals surface area contributed by atoms with Crippen LogP contribution in [0.2, 0.25) is 0 Å². The summed E-state index contributed by atoms with van der Waals surface area (Å²) in [6.45, 7) is 3.87. The average Bonchev–Trinajstić information content (AvgIpc) is 3.25. The molecule has 0 amide bonds. The summed E-state index contributed by atoms with van der Waals surface area (Å²) in [6, 6.07) is 10.3. The van der Waals surface area contributed by atoms with Crippen molar-refractivity contribution < 1.29 is 14.3 Å². The minimum atomic E-state index is -0.301. The first-order chi connectivity index (χ1) is 10.1. The van der Waals surface area contributed by atoms with Crippen molar-refractivity contribution >= 4 is 11.5 Å². The lowest BCUT2D eigenvalue weighted by atomic mass is 9.99. The fourth-order valence-electron chi connectivity index (χ4n) is 3.78. The van der Waals surface area contributed by atoms with Gasteiger partial charge >= 0.3 is 5.97 Å². The third-order valence-electron chi connectivity index (χ3n) is 5.02. The summed E-state index contributed by atoms with van der Waals surface area (Å²) >= 11 is 0. The molecule has 4 rings (SSSR count). The van der Waals surface area contributed by atoms with Crippen molar-refractivity contribution in [2.45, 2.75) is 43.2 Å². The van der Waals surface area contributed by atoms with E-state index in [1.807, 2.05) is 30.3 Å². The van der Waals surface area contributed by atoms with Gasteiger partial charge in [-0.2, -0.15) is 0 Å². The first-order valence-electron chi connectivity index (χ1n) is 7.48. The summed E-state index contributed by atoms with van der Waals surface area (Å²) in [4.78, 5) is 14.6. The van der Waals surface area contributed by atoms with E-state index < -0.39 is 0 Å². The maximum absolute atomic E-state index is 12.3. The van der Waals surface area contributed by atoms with Crippen molar-refractivity contribution in [2.75, 3.05) is 7.05 Å². The zero-order valence-corrected chi connectivity index (χ0v) is 12.1. The molecule has 4 nitrogen and oxygen atoms in total. The number of rotatable bonds is 3. The number of esters is 1. The molecule has 2 unspecified atom stereocenters. The molecule has 2 bridgehead atoms. The second-order valence-corrected chi connectivity index (χ2v) is 6.21. The van der Waals surface area contributed by atoms with Gasteiger partial charge in [0, 0.05) is 24.9 Å². The molecule has 3 heterocycles. The van der Waals surface area contributed by atoms with Crippen LogP contribution in [0.5, 0.6) is 0 Å². The Labute approximate surface area is 124 Å². The number of ether oxygens (including phenoxy) is 2. The van der Waals surface area contributed by atoms with Gasteiger partial charge in [-0.15, -0.1) is 0 Å². The predicted octanol–water partition coefficient (Wildman–Crippen LogP) is 1.86. The average molecular weight is 285 g/mol. The molecule has 0 aliphatic carbocycles. The highest BCUT2D eigenvalue weighted by Crippen LogP contribution is 2.48. The summed E-state index contributed by atoms with van der Waals surface area (Å²) in [6.07, 6.45) is 2.44. The highest BCUT2D eigenvalue weighted by atomic mass is 16.6. The number of epoxide rings is 1. The highest BCUT2D eigenvalue weighted by Gasteiger charge is 2.62. The zero-order valence-electron chi connectivity index (χ0n) is 12.1. The number of hydrogen-bond acceptors (Lipinski definition) is 4. The van der Waals surface area contributed by atoms with Gasteiger partial charge in [-0.1, -0.05) is 36.9 Å². The molecular formula is C17H19NO3. The molecule has 110 valence electrons. The zero-order chi connectivity index (χ0) is 14.6. The molecule has 5 atom stereocenters. The molecule has 0 radical (unpaired) electrons. The molecule has 3 aliphatic rings. The van der Waals surface area contributed by atoms with Crippen molar-refractivity contribution in [3.05, 3.63) is 42.5 Å². The van der Waals surface area contributed by atoms with Gasteiger partial charge in [0.2, 0.25) is 0 Å². The Bertz CT molecular complexity index is 567. The van der Waals surface area contributed by atoms with Crippen molar-refractivity contribution in [3.8, 4) is 0 Å². The van der Waals surface area contributed by atoms with Crippen LogP contribution in [-0.4, -0.2) is 48.3 Å². The summed E-state index contributed by atoms with van der Waals surface area (Å²) in [5.74, 6) is -0.301. The SMILES string of the molecule is C=C(C(=O)OC1CC2[C@@H]3O[C@@H]3[C@@H](C1)N2C)c1ccccc1. The Kier molecular flexibility index (Phi) is 2.91. The number of morpholine rings is 1. The van der Waals surface area contributed by atoms with Crippen molar-refractivity contribution in [1.82, 2.24) is 4.90 Å². The molecular weight excluding hydrogens is 266 g/mol. The fourth-order valence-corrected chi connectivity index (χ4v) is 3.78. The molecule has 21 heavy (non-hydrogen) atoms. The monoisotopic (exact) mass is 285 g/mol. The van der Waals surface area contributed by atoms with Gasteiger partial charge in [0.25, 0.3) is 0 Å². The molecule has 3 aliphatic heterocycles. The number of fused-ring (bicyclic) bond motifs is 5. The minimum Gasteiger partial charge on any atom is -0.459 e. The topological polar surface area (TPSA) is 42.1 Å². The highest BCUT2D eigenvalue weighted by molar-refractivity contribution is 6.15. The van der Waals surface area contributed by atoms with Crippen LogP contribution in [0.1, 0.15) is 18.4 Å². The van der Waals surface area contributed by atoms with Crippen LogP contribution in [0, 0.1) is 0 Å². The number of nitrogens with zero attached hydrogens (tertiary/aromatic N) is 1. The smallest absolute Gasteiger partial charge is 0.338 e. The molecule has 0 aromatic heterocycles. The minimum absolute atomic E-state index is 0.0134. The van der Waals surface area contributed by atoms with Crippen LogP contribution >= 0.6 is 0 Å². The van der Waals surface area contributed by atoms with Gasteiger partial charge in [-0.05, 0) is 12.6 Å². The van der Waals surface area contributed by atoms with Crippen molar-refractivity contribution in [2.24, 2.45) is 0 Å². The van der Waals surface area contributed by atoms with E-state index in [9.17, 15) is 4.79 Å². The van der Waals surface area contributed by atoms with E-state index in [-0.39, 0.29) is 12.1 Å². The van der Waals surface area contributed by atoms with E-state index in [1.165, 1.54) is 0 Å². The normalized spacial score (nSPS) is 36.9. The quantitative estimate of drug-likeness (QED) is 0.483. The second-order valence-electron chi connectivity index (χ2n) is 6.21. The predicted molar refractivity (Wildman–Crippen MR) is 78.6 cm³/mol. The third-order valence-corrected chi connectivity index (χ3v) is 5.02. The number of piperidine rings is 1. The fraction of sp³-hybridized carbons (Fsp3) is 0.471. The van der Waals surface area contributed by atoms with Crippen LogP contribution in [0.25, 0.3) is 5.57 Å². The summed E-state index contributed by atoms with van der Waals surface area (Å²) < 4.78 is 11.3. The molecule has 3 fully saturated rings. The Balaban J connectivity index is 1.41. The molecule has 0 saturated carbocycles. The lowest BCUT2D eigenvalue weighted by molar-refractivity contribution is -0.146. The van der Waals surface area contributed by atoms with Crippen molar-refractivity contribution in [3.63, 3.8) is 0 Å². The van der Waals surface area contributed by atoms with E-state index in [4.69, 9.17) is 9.47 Å². The third kappa shape index (κ3) is 2.10. The van der Waals surface area contributed by atoms with Gasteiger partial charge in [-0.25, -0.2) is 4.79 Å². The van der Waals surface area contributed by atoms with Gasteiger partial charge in [0.05, 0.1) is 5.57 Å². The Morgan fingerprint density at radius 2 is 1.86 bits per heavy atom. The number of likely N-dealkylation sites (N-methyl/N-ethyl adjacent to an activating group) is 1. The van der Waals surface area contributed by atoms with Gasteiger partial charge in [0.1, 0.15) is 18.3 Å². The standard InChI is InChI=1S/C17H19NO3/c1-10(11-6-4-3-5-7-11)17(19)20-12-8-13-15-16(21-15)14(9-12)18(13)2/h3-7,12-16H,1,8-9H2,2H3/t12?,13-,14?,15-,16+/m1/s1. The molecule has 4 heteroatoms. The Morgan fingerprint density at radius 1 is 1.24 bits per heavy atom. The molecule has 3 saturated heterocycles. The first kappa shape index (κ1) is 13.0. The van der Waals surface area contributed by atoms with E-state index in [0.717, 1.165) is 18.4 Å². The van der Waals surface area contributed by atoms with Crippen LogP contribution < -0.4 is 0 Å². The first-order valence-corrected chi connectivity index (χ1v) is 7.48. The van der Waals surface area contributed by atoms with Crippen molar-refractivity contribution in [1.29, 1.82) is 0 Å². The van der Waals surface area contributed by atoms with Crippen LogP contribution in [0.4, 0.5) is 0 Å². The Morgan fingerprint density at radius 3 is 2.48 bits per heavy atom. The number of hydrogen-bond donors (Lipinski definition) is 0. The van der Waals surface area contributed by atoms with Gasteiger partial charge in [-0.3, -0.25) is 4.90 Å². The largest absolute Gasteiger partial charge is 0.459 e. The summed E-state index contributed by atoms with van der Waals surface area (Å²) in [7, 11) is 2.14.